The molecule has 0 aliphatic rings. The summed E-state index contributed by atoms with van der Waals surface area (Å²) in [5.74, 6) is 1.29. The van der Waals surface area contributed by atoms with Gasteiger partial charge in [0.25, 0.3) is 11.8 Å². The molecule has 8 heteroatoms. The number of ether oxygens (including phenoxy) is 2. The quantitative estimate of drug-likeness (QED) is 0.426. The molecule has 0 aliphatic carbocycles. The summed E-state index contributed by atoms with van der Waals surface area (Å²) >= 11 is 5.09. The zero-order valence-corrected chi connectivity index (χ0v) is 19.0. The predicted molar refractivity (Wildman–Crippen MR) is 124 cm³/mol. The van der Waals surface area contributed by atoms with Crippen molar-refractivity contribution in [2.75, 3.05) is 13.2 Å². The van der Waals surface area contributed by atoms with Crippen molar-refractivity contribution in [3.05, 3.63) is 59.7 Å². The Kier molecular flexibility index (Phi) is 9.27. The van der Waals surface area contributed by atoms with E-state index >= 15 is 0 Å². The van der Waals surface area contributed by atoms with E-state index in [2.05, 4.69) is 30.0 Å². The lowest BCUT2D eigenvalue weighted by molar-refractivity contribution is 0.0934. The molecule has 0 bridgehead atoms. The van der Waals surface area contributed by atoms with Crippen molar-refractivity contribution >= 4 is 29.1 Å². The van der Waals surface area contributed by atoms with Crippen LogP contribution in [0.15, 0.2) is 48.5 Å². The summed E-state index contributed by atoms with van der Waals surface area (Å²) in [5, 5.41) is 2.50. The Morgan fingerprint density at radius 1 is 0.806 bits per heavy atom. The van der Waals surface area contributed by atoms with Crippen LogP contribution in [0.25, 0.3) is 0 Å². The van der Waals surface area contributed by atoms with Crippen molar-refractivity contribution in [1.29, 1.82) is 0 Å². The first-order valence-electron chi connectivity index (χ1n) is 10.1. The van der Waals surface area contributed by atoms with E-state index in [1.807, 2.05) is 13.8 Å². The number of hydrazine groups is 1. The van der Waals surface area contributed by atoms with Crippen LogP contribution in [0, 0.1) is 11.8 Å². The monoisotopic (exact) mass is 443 g/mol. The molecule has 2 amide bonds. The first-order valence-corrected chi connectivity index (χ1v) is 10.5. The molecule has 0 aliphatic heterocycles. The minimum absolute atomic E-state index is 0.0243. The summed E-state index contributed by atoms with van der Waals surface area (Å²) in [5.41, 5.74) is 5.81. The van der Waals surface area contributed by atoms with Gasteiger partial charge in [0.1, 0.15) is 11.5 Å². The Balaban J connectivity index is 1.82. The Labute approximate surface area is 188 Å². The molecule has 0 unspecified atom stereocenters. The summed E-state index contributed by atoms with van der Waals surface area (Å²) in [6.45, 7) is 9.38. The van der Waals surface area contributed by atoms with Crippen LogP contribution in [0.1, 0.15) is 48.4 Å². The van der Waals surface area contributed by atoms with E-state index in [4.69, 9.17) is 21.7 Å². The highest BCUT2D eigenvalue weighted by Crippen LogP contribution is 2.15. The standard InChI is InChI=1S/C23H29N3O4S/c1-15(2)13-29-19-10-8-17(9-11-19)22(28)25-26-23(31)24-21(27)18-6-5-7-20(12-18)30-14-16(3)4/h5-12,15-16H,13-14H2,1-4H3,(H,25,28)(H2,24,26,27,31). The topological polar surface area (TPSA) is 88.7 Å². The van der Waals surface area contributed by atoms with E-state index in [1.165, 1.54) is 0 Å². The van der Waals surface area contributed by atoms with Gasteiger partial charge in [-0.05, 0) is 66.5 Å². The van der Waals surface area contributed by atoms with Crippen LogP contribution in [0.5, 0.6) is 11.5 Å². The Hall–Kier alpha value is -3.13. The van der Waals surface area contributed by atoms with Gasteiger partial charge in [0.2, 0.25) is 0 Å². The molecular formula is C23H29N3O4S. The Bertz CT molecular complexity index is 898. The van der Waals surface area contributed by atoms with Crippen molar-refractivity contribution in [1.82, 2.24) is 16.2 Å². The first-order chi connectivity index (χ1) is 14.7. The van der Waals surface area contributed by atoms with Gasteiger partial charge in [0, 0.05) is 11.1 Å². The Morgan fingerprint density at radius 3 is 2.03 bits per heavy atom. The fourth-order valence-electron chi connectivity index (χ4n) is 2.35. The number of hydrogen-bond donors (Lipinski definition) is 3. The average Bonchev–Trinajstić information content (AvgIpc) is 2.75. The lowest BCUT2D eigenvalue weighted by Crippen LogP contribution is -2.48. The van der Waals surface area contributed by atoms with Crippen LogP contribution in [0.3, 0.4) is 0 Å². The number of hydrogen-bond acceptors (Lipinski definition) is 5. The van der Waals surface area contributed by atoms with Crippen LogP contribution >= 0.6 is 12.2 Å². The third-order valence-corrected chi connectivity index (χ3v) is 4.10. The van der Waals surface area contributed by atoms with Crippen LogP contribution < -0.4 is 25.6 Å². The molecule has 7 nitrogen and oxygen atoms in total. The maximum Gasteiger partial charge on any atom is 0.269 e. The highest BCUT2D eigenvalue weighted by Gasteiger charge is 2.11. The third kappa shape index (κ3) is 8.64. The van der Waals surface area contributed by atoms with Gasteiger partial charge >= 0.3 is 0 Å². The maximum absolute atomic E-state index is 12.4. The molecular weight excluding hydrogens is 414 g/mol. The largest absolute Gasteiger partial charge is 0.493 e. The lowest BCUT2D eigenvalue weighted by Gasteiger charge is -2.12. The van der Waals surface area contributed by atoms with E-state index in [0.29, 0.717) is 47.7 Å². The molecule has 0 spiro atoms. The molecule has 166 valence electrons. The zero-order valence-electron chi connectivity index (χ0n) is 18.2. The number of thiocarbonyl (C=S) groups is 1. The summed E-state index contributed by atoms with van der Waals surface area (Å²) in [4.78, 5) is 24.6. The van der Waals surface area contributed by atoms with Crippen LogP contribution in [0.4, 0.5) is 0 Å². The van der Waals surface area contributed by atoms with Crippen LogP contribution in [0.2, 0.25) is 0 Å². The van der Waals surface area contributed by atoms with Gasteiger partial charge in [-0.25, -0.2) is 0 Å². The minimum Gasteiger partial charge on any atom is -0.493 e. The molecule has 0 fully saturated rings. The van der Waals surface area contributed by atoms with E-state index in [9.17, 15) is 9.59 Å². The van der Waals surface area contributed by atoms with Gasteiger partial charge in [0.05, 0.1) is 13.2 Å². The highest BCUT2D eigenvalue weighted by atomic mass is 32.1. The molecule has 0 aromatic heterocycles. The smallest absolute Gasteiger partial charge is 0.269 e. The second kappa shape index (κ2) is 11.9. The van der Waals surface area contributed by atoms with Gasteiger partial charge in [-0.3, -0.25) is 25.8 Å². The van der Waals surface area contributed by atoms with Crippen molar-refractivity contribution in [3.63, 3.8) is 0 Å². The summed E-state index contributed by atoms with van der Waals surface area (Å²) in [6, 6.07) is 13.6. The fraction of sp³-hybridized carbons (Fsp3) is 0.348. The third-order valence-electron chi connectivity index (χ3n) is 3.90. The number of amides is 2. The normalized spacial score (nSPS) is 10.5. The summed E-state index contributed by atoms with van der Waals surface area (Å²) in [7, 11) is 0. The molecule has 2 aromatic carbocycles. The van der Waals surface area contributed by atoms with Gasteiger partial charge < -0.3 is 9.47 Å². The van der Waals surface area contributed by atoms with Gasteiger partial charge in [-0.15, -0.1) is 0 Å². The lowest BCUT2D eigenvalue weighted by atomic mass is 10.2. The number of rotatable bonds is 8. The van der Waals surface area contributed by atoms with Crippen molar-refractivity contribution < 1.29 is 19.1 Å². The molecule has 3 N–H and O–H groups in total. The number of benzene rings is 2. The van der Waals surface area contributed by atoms with E-state index in [1.54, 1.807) is 48.5 Å². The van der Waals surface area contributed by atoms with Gasteiger partial charge in [0.15, 0.2) is 5.11 Å². The number of carbonyl (C=O) groups excluding carboxylic acids is 2. The van der Waals surface area contributed by atoms with Crippen molar-refractivity contribution in [3.8, 4) is 11.5 Å². The maximum atomic E-state index is 12.4. The zero-order chi connectivity index (χ0) is 22.8. The average molecular weight is 444 g/mol. The van der Waals surface area contributed by atoms with Gasteiger partial charge in [-0.2, -0.15) is 0 Å². The van der Waals surface area contributed by atoms with Crippen LogP contribution in [-0.2, 0) is 0 Å². The van der Waals surface area contributed by atoms with Crippen molar-refractivity contribution in [2.24, 2.45) is 11.8 Å². The van der Waals surface area contributed by atoms with Crippen molar-refractivity contribution in [2.45, 2.75) is 27.7 Å². The molecule has 31 heavy (non-hydrogen) atoms. The highest BCUT2D eigenvalue weighted by molar-refractivity contribution is 7.80. The predicted octanol–water partition coefficient (Wildman–Crippen LogP) is 3.71. The van der Waals surface area contributed by atoms with Gasteiger partial charge in [-0.1, -0.05) is 33.8 Å². The molecule has 0 saturated heterocycles. The first kappa shape index (κ1) is 24.1. The molecule has 2 rings (SSSR count). The second-order valence-electron chi connectivity index (χ2n) is 7.82. The van der Waals surface area contributed by atoms with Crippen LogP contribution in [-0.4, -0.2) is 30.1 Å². The fourth-order valence-corrected chi connectivity index (χ4v) is 2.49. The summed E-state index contributed by atoms with van der Waals surface area (Å²) in [6.07, 6.45) is 0. The van der Waals surface area contributed by atoms with E-state index < -0.39 is 11.8 Å². The Morgan fingerprint density at radius 2 is 1.42 bits per heavy atom. The molecule has 0 atom stereocenters. The number of carbonyl (C=O) groups is 2. The summed E-state index contributed by atoms with van der Waals surface area (Å²) < 4.78 is 11.2. The SMILES string of the molecule is CC(C)COc1ccc(C(=O)NNC(=S)NC(=O)c2cccc(OCC(C)C)c2)cc1. The minimum atomic E-state index is -0.409. The molecule has 0 heterocycles. The number of nitrogens with one attached hydrogen (secondary N) is 3. The molecule has 0 saturated carbocycles. The van der Waals surface area contributed by atoms with E-state index in [0.717, 1.165) is 0 Å². The molecule has 2 aromatic rings. The molecule has 0 radical (unpaired) electrons. The second-order valence-corrected chi connectivity index (χ2v) is 8.23. The van der Waals surface area contributed by atoms with E-state index in [-0.39, 0.29) is 5.11 Å².